The van der Waals surface area contributed by atoms with Crippen molar-refractivity contribution in [1.82, 2.24) is 0 Å². The van der Waals surface area contributed by atoms with Crippen LogP contribution in [0.2, 0.25) is 0 Å². The minimum atomic E-state index is -0.995. The van der Waals surface area contributed by atoms with Gasteiger partial charge in [0.25, 0.3) is 0 Å². The number of fused-ring (bicyclic) bond motifs is 7. The van der Waals surface area contributed by atoms with Gasteiger partial charge in [-0.2, -0.15) is 0 Å². The van der Waals surface area contributed by atoms with Gasteiger partial charge in [-0.3, -0.25) is 0 Å². The van der Waals surface area contributed by atoms with Crippen molar-refractivity contribution >= 4 is 0 Å². The van der Waals surface area contributed by atoms with Gasteiger partial charge in [-0.1, -0.05) is 67.0 Å². The van der Waals surface area contributed by atoms with Gasteiger partial charge in [0.2, 0.25) is 0 Å². The first-order valence-electron chi connectivity index (χ1n) is 14.1. The molecule has 0 bridgehead atoms. The summed E-state index contributed by atoms with van der Waals surface area (Å²) in [6.45, 7) is 20.2. The van der Waals surface area contributed by atoms with Crippen LogP contribution in [-0.2, 0) is 4.74 Å². The van der Waals surface area contributed by atoms with Gasteiger partial charge in [0.15, 0.2) is 5.79 Å². The van der Waals surface area contributed by atoms with Gasteiger partial charge in [-0.15, -0.1) is 0 Å². The molecule has 0 saturated heterocycles. The molecule has 0 radical (unpaired) electrons. The maximum Gasteiger partial charge on any atom is 0.170 e. The van der Waals surface area contributed by atoms with Gasteiger partial charge >= 0.3 is 0 Å². The van der Waals surface area contributed by atoms with E-state index in [2.05, 4.69) is 61.5 Å². The summed E-state index contributed by atoms with van der Waals surface area (Å²) < 4.78 is 5.79. The highest BCUT2D eigenvalue weighted by Gasteiger charge is 2.69. The van der Waals surface area contributed by atoms with E-state index in [0.717, 1.165) is 18.8 Å². The fourth-order valence-corrected chi connectivity index (χ4v) is 10.8. The summed E-state index contributed by atoms with van der Waals surface area (Å²) in [4.78, 5) is 0. The van der Waals surface area contributed by atoms with Crippen LogP contribution in [0, 0.1) is 50.2 Å². The summed E-state index contributed by atoms with van der Waals surface area (Å²) in [5, 5.41) is 11.4. The van der Waals surface area contributed by atoms with Crippen LogP contribution in [-0.4, -0.2) is 18.0 Å². The Labute approximate surface area is 204 Å². The summed E-state index contributed by atoms with van der Waals surface area (Å²) in [7, 11) is 1.71. The fourth-order valence-electron chi connectivity index (χ4n) is 10.8. The van der Waals surface area contributed by atoms with Crippen molar-refractivity contribution in [2.24, 2.45) is 50.2 Å². The molecular weight excluding hydrogens is 404 g/mol. The largest absolute Gasteiger partial charge is 0.365 e. The van der Waals surface area contributed by atoms with E-state index >= 15 is 0 Å². The summed E-state index contributed by atoms with van der Waals surface area (Å²) in [5.74, 6) is 0.969. The molecule has 2 nitrogen and oxygen atoms in total. The summed E-state index contributed by atoms with van der Waals surface area (Å²) in [6, 6.07) is 0. The highest BCUT2D eigenvalue weighted by atomic mass is 16.6. The Morgan fingerprint density at radius 1 is 0.818 bits per heavy atom. The normalized spacial score (nSPS) is 54.8. The van der Waals surface area contributed by atoms with Crippen molar-refractivity contribution in [3.63, 3.8) is 0 Å². The molecule has 1 unspecified atom stereocenters. The third-order valence-corrected chi connectivity index (χ3v) is 13.5. The molecule has 188 valence electrons. The van der Waals surface area contributed by atoms with E-state index in [1.54, 1.807) is 7.11 Å². The zero-order chi connectivity index (χ0) is 24.3. The Kier molecular flexibility index (Phi) is 5.10. The second kappa shape index (κ2) is 6.90. The van der Waals surface area contributed by atoms with E-state index in [0.29, 0.717) is 33.5 Å². The minimum Gasteiger partial charge on any atom is -0.365 e. The predicted molar refractivity (Wildman–Crippen MR) is 137 cm³/mol. The standard InChI is InChI=1S/C31H52O2/c1-25(2)14-15-27(5)16-18-29(7)21(22(27)20-25)10-11-24-28(6)17-19-31(32,33-9)26(3,4)23(28)12-13-30(24,29)8/h10,22-24,32H,11-20H2,1-9H3/t22-,23?,24-,27-,28+,29-,30-,31+/m1/s1. The third kappa shape index (κ3) is 2.92. The quantitative estimate of drug-likeness (QED) is 0.319. The van der Waals surface area contributed by atoms with Gasteiger partial charge in [-0.05, 0) is 103 Å². The highest BCUT2D eigenvalue weighted by Crippen LogP contribution is 2.76. The molecule has 5 aliphatic carbocycles. The van der Waals surface area contributed by atoms with E-state index in [1.807, 2.05) is 5.57 Å². The third-order valence-electron chi connectivity index (χ3n) is 13.5. The lowest BCUT2D eigenvalue weighted by molar-refractivity contribution is -0.322. The van der Waals surface area contributed by atoms with E-state index < -0.39 is 5.79 Å². The Balaban J connectivity index is 1.56. The molecule has 5 rings (SSSR count). The molecule has 33 heavy (non-hydrogen) atoms. The van der Waals surface area contributed by atoms with E-state index in [1.165, 1.54) is 51.4 Å². The number of hydrogen-bond acceptors (Lipinski definition) is 2. The monoisotopic (exact) mass is 456 g/mol. The van der Waals surface area contributed by atoms with Crippen LogP contribution < -0.4 is 0 Å². The van der Waals surface area contributed by atoms with Gasteiger partial charge in [-0.25, -0.2) is 0 Å². The number of hydrogen-bond donors (Lipinski definition) is 1. The second-order valence-electron chi connectivity index (χ2n) is 15.6. The van der Waals surface area contributed by atoms with Crippen LogP contribution in [0.15, 0.2) is 11.6 Å². The van der Waals surface area contributed by atoms with Crippen molar-refractivity contribution in [3.8, 4) is 0 Å². The van der Waals surface area contributed by atoms with E-state index in [9.17, 15) is 5.11 Å². The molecule has 8 atom stereocenters. The molecule has 0 spiro atoms. The molecule has 4 saturated carbocycles. The molecule has 2 heteroatoms. The average Bonchev–Trinajstić information content (AvgIpc) is 2.73. The maximum absolute atomic E-state index is 11.4. The van der Waals surface area contributed by atoms with Crippen molar-refractivity contribution in [2.45, 2.75) is 125 Å². The van der Waals surface area contributed by atoms with Crippen LogP contribution in [0.5, 0.6) is 0 Å². The zero-order valence-corrected chi connectivity index (χ0v) is 23.2. The van der Waals surface area contributed by atoms with Gasteiger partial charge in [0.1, 0.15) is 0 Å². The lowest BCUT2D eigenvalue weighted by atomic mass is 9.33. The average molecular weight is 457 g/mol. The molecule has 0 aromatic heterocycles. The molecule has 0 aromatic carbocycles. The summed E-state index contributed by atoms with van der Waals surface area (Å²) >= 11 is 0. The van der Waals surface area contributed by atoms with Crippen LogP contribution in [0.25, 0.3) is 0 Å². The van der Waals surface area contributed by atoms with E-state index in [4.69, 9.17) is 4.74 Å². The topological polar surface area (TPSA) is 29.5 Å². The SMILES string of the molecule is CO[C@@]1(O)CC[C@@]2(C)C(CC[C@]3(C)[C@@H]2CC=C2[C@H]4CC(C)(C)CC[C@]4(C)CC[C@]23C)C1(C)C. The molecule has 4 fully saturated rings. The lowest BCUT2D eigenvalue weighted by Crippen LogP contribution is -2.67. The Morgan fingerprint density at radius 2 is 1.48 bits per heavy atom. The second-order valence-corrected chi connectivity index (χ2v) is 15.6. The number of aliphatic hydroxyl groups is 1. The maximum atomic E-state index is 11.4. The van der Waals surface area contributed by atoms with Crippen LogP contribution in [0.1, 0.15) is 120 Å². The Morgan fingerprint density at radius 3 is 2.15 bits per heavy atom. The van der Waals surface area contributed by atoms with Crippen molar-refractivity contribution < 1.29 is 9.84 Å². The van der Waals surface area contributed by atoms with Crippen LogP contribution in [0.4, 0.5) is 0 Å². The molecule has 0 aromatic rings. The minimum absolute atomic E-state index is 0.223. The zero-order valence-electron chi connectivity index (χ0n) is 23.2. The van der Waals surface area contributed by atoms with Crippen LogP contribution >= 0.6 is 0 Å². The fraction of sp³-hybridized carbons (Fsp3) is 0.935. The van der Waals surface area contributed by atoms with Gasteiger partial charge in [0, 0.05) is 18.9 Å². The molecule has 0 amide bonds. The lowest BCUT2D eigenvalue weighted by Gasteiger charge is -2.72. The van der Waals surface area contributed by atoms with Crippen molar-refractivity contribution in [3.05, 3.63) is 11.6 Å². The molecule has 5 aliphatic rings. The summed E-state index contributed by atoms with van der Waals surface area (Å²) in [6.07, 6.45) is 15.3. The van der Waals surface area contributed by atoms with Crippen molar-refractivity contribution in [1.29, 1.82) is 0 Å². The molecular formula is C31H52O2. The van der Waals surface area contributed by atoms with Gasteiger partial charge in [0.05, 0.1) is 0 Å². The first kappa shape index (κ1) is 24.4. The Bertz CT molecular complexity index is 855. The number of allylic oxidation sites excluding steroid dienone is 2. The first-order valence-corrected chi connectivity index (χ1v) is 14.1. The number of rotatable bonds is 1. The predicted octanol–water partition coefficient (Wildman–Crippen LogP) is 8.14. The molecule has 0 aliphatic heterocycles. The summed E-state index contributed by atoms with van der Waals surface area (Å²) in [5.41, 5.74) is 3.55. The number of methoxy groups -OCH3 is 1. The van der Waals surface area contributed by atoms with Crippen molar-refractivity contribution in [2.75, 3.05) is 7.11 Å². The Hall–Kier alpha value is -0.340. The van der Waals surface area contributed by atoms with E-state index in [-0.39, 0.29) is 10.8 Å². The number of ether oxygens (including phenoxy) is 1. The molecule has 0 heterocycles. The molecule has 1 N–H and O–H groups in total. The first-order chi connectivity index (χ1) is 15.1. The van der Waals surface area contributed by atoms with Gasteiger partial charge < -0.3 is 9.84 Å². The highest BCUT2D eigenvalue weighted by molar-refractivity contribution is 5.33. The van der Waals surface area contributed by atoms with Crippen LogP contribution in [0.3, 0.4) is 0 Å². The smallest absolute Gasteiger partial charge is 0.170 e.